The molecule has 3 aliphatic rings. The molecule has 2 aromatic heterocycles. The molecule has 2 fully saturated rings. The maximum absolute atomic E-state index is 15.3. The first-order valence-electron chi connectivity index (χ1n) is 14.7. The molecular weight excluding hydrogens is 525 g/mol. The van der Waals surface area contributed by atoms with Gasteiger partial charge in [0, 0.05) is 54.5 Å². The van der Waals surface area contributed by atoms with E-state index in [1.807, 2.05) is 33.8 Å². The number of halogens is 1. The van der Waals surface area contributed by atoms with E-state index in [-0.39, 0.29) is 11.9 Å². The molecule has 0 unspecified atom stereocenters. The largest absolute Gasteiger partial charge is 0.496 e. The van der Waals surface area contributed by atoms with Crippen molar-refractivity contribution in [1.29, 1.82) is 0 Å². The number of aromatic nitrogens is 3. The van der Waals surface area contributed by atoms with Gasteiger partial charge in [0.15, 0.2) is 0 Å². The summed E-state index contributed by atoms with van der Waals surface area (Å²) in [5, 5.41) is 19.2. The number of carboxylic acid groups (broad SMARTS) is 1. The van der Waals surface area contributed by atoms with Crippen LogP contribution in [0.15, 0.2) is 41.9 Å². The fraction of sp³-hybridized carbons (Fsp3) is 0.516. The van der Waals surface area contributed by atoms with E-state index in [0.717, 1.165) is 72.4 Å². The highest BCUT2D eigenvalue weighted by Gasteiger charge is 2.35. The van der Waals surface area contributed by atoms with E-state index in [2.05, 4.69) is 10.4 Å². The molecule has 41 heavy (non-hydrogen) atoms. The van der Waals surface area contributed by atoms with Gasteiger partial charge in [-0.2, -0.15) is 5.10 Å². The Morgan fingerprint density at radius 3 is 3.02 bits per heavy atom. The molecule has 0 saturated carbocycles. The van der Waals surface area contributed by atoms with Crippen molar-refractivity contribution in [3.05, 3.63) is 58.7 Å². The Kier molecular flexibility index (Phi) is 8.20. The summed E-state index contributed by atoms with van der Waals surface area (Å²) in [6.45, 7) is 2.97. The number of benzene rings is 1. The van der Waals surface area contributed by atoms with Crippen molar-refractivity contribution in [3.8, 4) is 5.75 Å². The van der Waals surface area contributed by atoms with Gasteiger partial charge in [-0.05, 0) is 56.9 Å². The first kappa shape index (κ1) is 27.7. The van der Waals surface area contributed by atoms with Gasteiger partial charge in [0.25, 0.3) is 0 Å². The number of nitrogens with one attached hydrogen (secondary N) is 1. The number of rotatable bonds is 10. The van der Waals surface area contributed by atoms with Crippen LogP contribution >= 0.6 is 0 Å². The van der Waals surface area contributed by atoms with Crippen LogP contribution in [0.25, 0.3) is 10.9 Å². The van der Waals surface area contributed by atoms with Crippen molar-refractivity contribution >= 4 is 22.7 Å². The van der Waals surface area contributed by atoms with Crippen LogP contribution in [0.4, 0.5) is 10.2 Å². The number of likely N-dealkylation sites (tertiary alicyclic amines) is 1. The van der Waals surface area contributed by atoms with Crippen LogP contribution in [0.5, 0.6) is 5.75 Å². The predicted octanol–water partition coefficient (Wildman–Crippen LogP) is 5.23. The quantitative estimate of drug-likeness (QED) is 0.324. The lowest BCUT2D eigenvalue weighted by Gasteiger charge is -2.25. The van der Waals surface area contributed by atoms with Gasteiger partial charge in [-0.3, -0.25) is 14.4 Å². The van der Waals surface area contributed by atoms with Crippen LogP contribution in [0.2, 0.25) is 0 Å². The summed E-state index contributed by atoms with van der Waals surface area (Å²) < 4.78 is 28.4. The predicted molar refractivity (Wildman–Crippen MR) is 154 cm³/mol. The Hall–Kier alpha value is -3.50. The van der Waals surface area contributed by atoms with Gasteiger partial charge in [-0.25, -0.2) is 9.37 Å². The standard InChI is InChI=1S/C31H38FN5O4/c1-40-27-16-22(35-30-24(27)9-5-13-33-30)7-2-3-10-26(32)21-11-14-36(18-21)29(31(38)39)25-8-4-6-20-17-34-37(28(20)25)23-12-15-41-19-23/h4,6,8,16-17,23,29H,2-3,5,7,9-15,18-19H2,1H3,(H,33,35)(H,38,39)/b26-21-/t23-,29+/m0/s1. The number of carboxylic acids is 1. The van der Waals surface area contributed by atoms with Gasteiger partial charge in [-0.15, -0.1) is 0 Å². The van der Waals surface area contributed by atoms with Gasteiger partial charge in [0.05, 0.1) is 31.5 Å². The molecule has 218 valence electrons. The lowest BCUT2D eigenvalue weighted by Crippen LogP contribution is -2.32. The molecule has 5 heterocycles. The van der Waals surface area contributed by atoms with Crippen LogP contribution in [-0.4, -0.2) is 70.7 Å². The molecule has 3 aromatic rings. The van der Waals surface area contributed by atoms with Gasteiger partial charge >= 0.3 is 5.97 Å². The minimum atomic E-state index is -0.933. The van der Waals surface area contributed by atoms with Crippen molar-refractivity contribution in [3.63, 3.8) is 0 Å². The Balaban J connectivity index is 1.11. The number of hydrogen-bond acceptors (Lipinski definition) is 7. The second-order valence-corrected chi connectivity index (χ2v) is 11.2. The lowest BCUT2D eigenvalue weighted by molar-refractivity contribution is -0.143. The molecule has 0 bridgehead atoms. The van der Waals surface area contributed by atoms with Crippen molar-refractivity contribution < 1.29 is 23.8 Å². The number of methoxy groups -OCH3 is 1. The average molecular weight is 564 g/mol. The van der Waals surface area contributed by atoms with Crippen LogP contribution < -0.4 is 10.1 Å². The van der Waals surface area contributed by atoms with E-state index in [1.54, 1.807) is 13.3 Å². The van der Waals surface area contributed by atoms with Crippen molar-refractivity contribution in [2.75, 3.05) is 45.3 Å². The molecule has 2 N–H and O–H groups in total. The maximum Gasteiger partial charge on any atom is 0.325 e. The summed E-state index contributed by atoms with van der Waals surface area (Å²) in [6.07, 6.45) is 7.83. The number of pyridine rings is 1. The van der Waals surface area contributed by atoms with Crippen molar-refractivity contribution in [2.45, 2.75) is 63.5 Å². The highest BCUT2D eigenvalue weighted by Crippen LogP contribution is 2.36. The molecular formula is C31H38FN5O4. The van der Waals surface area contributed by atoms with Gasteiger partial charge in [-0.1, -0.05) is 18.2 Å². The molecule has 9 nitrogen and oxygen atoms in total. The zero-order valence-corrected chi connectivity index (χ0v) is 23.6. The monoisotopic (exact) mass is 563 g/mol. The number of nitrogens with zero attached hydrogens (tertiary/aromatic N) is 4. The Labute approximate surface area is 239 Å². The van der Waals surface area contributed by atoms with Crippen molar-refractivity contribution in [1.82, 2.24) is 19.7 Å². The van der Waals surface area contributed by atoms with Crippen LogP contribution in [0.3, 0.4) is 0 Å². The van der Waals surface area contributed by atoms with E-state index in [9.17, 15) is 9.90 Å². The molecule has 0 amide bonds. The number of hydrogen-bond donors (Lipinski definition) is 2. The summed E-state index contributed by atoms with van der Waals surface area (Å²) in [5.74, 6) is 0.741. The number of aryl methyl sites for hydroxylation is 1. The van der Waals surface area contributed by atoms with Gasteiger partial charge in [0.2, 0.25) is 0 Å². The fourth-order valence-corrected chi connectivity index (χ4v) is 6.48. The number of fused-ring (bicyclic) bond motifs is 2. The SMILES string of the molecule is COc1cc(CCCC/C(F)=C2\CCN([C@@H](C(=O)O)c3cccc4cnn([C@H]5CCOC5)c34)C2)nc2c1CCCN2. The van der Waals surface area contributed by atoms with E-state index >= 15 is 4.39 Å². The summed E-state index contributed by atoms with van der Waals surface area (Å²) in [6, 6.07) is 6.92. The molecule has 1 aromatic carbocycles. The van der Waals surface area contributed by atoms with E-state index in [0.29, 0.717) is 56.7 Å². The van der Waals surface area contributed by atoms with E-state index in [4.69, 9.17) is 14.5 Å². The second-order valence-electron chi connectivity index (χ2n) is 11.2. The minimum absolute atomic E-state index is 0.0865. The van der Waals surface area contributed by atoms with Crippen LogP contribution in [0.1, 0.15) is 67.4 Å². The van der Waals surface area contributed by atoms with E-state index in [1.165, 1.54) is 0 Å². The first-order valence-corrected chi connectivity index (χ1v) is 14.7. The normalized spacial score (nSPS) is 21.1. The number of allylic oxidation sites excluding steroid dienone is 1. The molecule has 10 heteroatoms. The molecule has 0 spiro atoms. The summed E-state index contributed by atoms with van der Waals surface area (Å²) in [5.41, 5.74) is 4.33. The molecule has 6 rings (SSSR count). The third-order valence-corrected chi connectivity index (χ3v) is 8.60. The summed E-state index contributed by atoms with van der Waals surface area (Å²) in [7, 11) is 1.69. The fourth-order valence-electron chi connectivity index (χ4n) is 6.48. The number of unbranched alkanes of at least 4 members (excludes halogenated alkanes) is 1. The zero-order chi connectivity index (χ0) is 28.3. The average Bonchev–Trinajstić information content (AvgIpc) is 3.76. The molecule has 2 saturated heterocycles. The minimum Gasteiger partial charge on any atom is -0.496 e. The number of carbonyl (C=O) groups is 1. The maximum atomic E-state index is 15.3. The third kappa shape index (κ3) is 5.67. The highest BCUT2D eigenvalue weighted by molar-refractivity contribution is 5.88. The smallest absolute Gasteiger partial charge is 0.325 e. The highest BCUT2D eigenvalue weighted by atomic mass is 19.1. The number of anilines is 1. The Morgan fingerprint density at radius 1 is 1.32 bits per heavy atom. The summed E-state index contributed by atoms with van der Waals surface area (Å²) in [4.78, 5) is 19.3. The number of aliphatic carboxylic acids is 1. The Bertz CT molecular complexity index is 1430. The molecule has 3 aliphatic heterocycles. The second kappa shape index (κ2) is 12.2. The molecule has 2 atom stereocenters. The Morgan fingerprint density at radius 2 is 2.22 bits per heavy atom. The van der Waals surface area contributed by atoms with Gasteiger partial charge < -0.3 is 19.9 Å². The van der Waals surface area contributed by atoms with Crippen molar-refractivity contribution in [2.24, 2.45) is 0 Å². The lowest BCUT2D eigenvalue weighted by atomic mass is 10.0. The third-order valence-electron chi connectivity index (χ3n) is 8.60. The summed E-state index contributed by atoms with van der Waals surface area (Å²) >= 11 is 0. The number of para-hydroxylation sites is 1. The topological polar surface area (TPSA) is 102 Å². The van der Waals surface area contributed by atoms with Crippen LogP contribution in [0, 0.1) is 0 Å². The zero-order valence-electron chi connectivity index (χ0n) is 23.6. The first-order chi connectivity index (χ1) is 20.0. The molecule has 0 radical (unpaired) electrons. The van der Waals surface area contributed by atoms with Gasteiger partial charge in [0.1, 0.15) is 23.4 Å². The van der Waals surface area contributed by atoms with E-state index < -0.39 is 12.0 Å². The van der Waals surface area contributed by atoms with Crippen LogP contribution in [-0.2, 0) is 22.4 Å². The molecule has 0 aliphatic carbocycles. The number of ether oxygens (including phenoxy) is 2.